The van der Waals surface area contributed by atoms with E-state index >= 15 is 0 Å². The number of benzene rings is 2. The summed E-state index contributed by atoms with van der Waals surface area (Å²) in [7, 11) is -3.84. The number of hydrogen-bond donors (Lipinski definition) is 3. The van der Waals surface area contributed by atoms with Crippen LogP contribution in [-0.4, -0.2) is 34.6 Å². The molecule has 2 heterocycles. The number of nitrogens with zero attached hydrogens (tertiary/aromatic N) is 3. The summed E-state index contributed by atoms with van der Waals surface area (Å²) in [5.74, 6) is 4.66. The number of hydrogen-bond acceptors (Lipinski definition) is 9. The second kappa shape index (κ2) is 9.08. The number of thioether (sulfide) groups is 1. The number of carbonyl (C=O) groups excluding carboxylic acids is 1. The summed E-state index contributed by atoms with van der Waals surface area (Å²) in [5, 5.41) is 2.57. The van der Waals surface area contributed by atoms with Crippen molar-refractivity contribution in [2.45, 2.75) is 10.1 Å². The van der Waals surface area contributed by atoms with Crippen LogP contribution in [0.4, 0.5) is 5.13 Å². The Morgan fingerprint density at radius 1 is 1.16 bits per heavy atom. The molecule has 13 heteroatoms. The first kappa shape index (κ1) is 22.0. The van der Waals surface area contributed by atoms with Crippen LogP contribution >= 0.6 is 23.1 Å². The standard InChI is InChI=1S/C19H16N6O4S3/c20-23-16(26)11-31-19-22-15-4-2-1-3-14(15)17(27)25(19)12-5-7-13(8-6-12)32(28,29)24-18-21-9-10-30-18/h1-10H,11,20H2,(H,21,24)(H,23,26). The molecule has 32 heavy (non-hydrogen) atoms. The maximum Gasteiger partial charge on any atom is 0.266 e. The van der Waals surface area contributed by atoms with Gasteiger partial charge in [-0.15, -0.1) is 11.3 Å². The van der Waals surface area contributed by atoms with Gasteiger partial charge in [0.05, 0.1) is 27.2 Å². The Morgan fingerprint density at radius 3 is 2.59 bits per heavy atom. The van der Waals surface area contributed by atoms with Gasteiger partial charge in [0.1, 0.15) is 0 Å². The summed E-state index contributed by atoms with van der Waals surface area (Å²) in [6.45, 7) is 0. The lowest BCUT2D eigenvalue weighted by molar-refractivity contribution is -0.118. The maximum absolute atomic E-state index is 13.2. The number of rotatable bonds is 7. The minimum absolute atomic E-state index is 0.00922. The third-order valence-corrected chi connectivity index (χ3v) is 7.41. The van der Waals surface area contributed by atoms with Gasteiger partial charge in [0.15, 0.2) is 10.3 Å². The molecule has 164 valence electrons. The van der Waals surface area contributed by atoms with Gasteiger partial charge in [0, 0.05) is 11.6 Å². The predicted molar refractivity (Wildman–Crippen MR) is 123 cm³/mol. The fourth-order valence-corrected chi connectivity index (χ4v) is 5.44. The number of fused-ring (bicyclic) bond motifs is 1. The Labute approximate surface area is 190 Å². The second-order valence-corrected chi connectivity index (χ2v) is 9.86. The lowest BCUT2D eigenvalue weighted by Crippen LogP contribution is -2.32. The van der Waals surface area contributed by atoms with Crippen molar-refractivity contribution in [2.24, 2.45) is 5.84 Å². The van der Waals surface area contributed by atoms with E-state index in [-0.39, 0.29) is 26.5 Å². The Morgan fingerprint density at radius 2 is 1.91 bits per heavy atom. The van der Waals surface area contributed by atoms with Crippen molar-refractivity contribution in [1.29, 1.82) is 0 Å². The molecule has 0 aliphatic rings. The molecule has 0 radical (unpaired) electrons. The van der Waals surface area contributed by atoms with Crippen LogP contribution in [0.15, 0.2) is 75.0 Å². The molecule has 0 bridgehead atoms. The van der Waals surface area contributed by atoms with Crippen LogP contribution in [0.3, 0.4) is 0 Å². The molecular formula is C19H16N6O4S3. The number of para-hydroxylation sites is 1. The lowest BCUT2D eigenvalue weighted by Gasteiger charge is -2.13. The largest absolute Gasteiger partial charge is 0.294 e. The van der Waals surface area contributed by atoms with Crippen molar-refractivity contribution in [2.75, 3.05) is 10.5 Å². The average Bonchev–Trinajstić information content (AvgIpc) is 3.30. The molecule has 1 amide bonds. The number of thiazole rings is 1. The van der Waals surface area contributed by atoms with E-state index in [1.165, 1.54) is 35.0 Å². The van der Waals surface area contributed by atoms with Gasteiger partial charge in [-0.3, -0.25) is 24.3 Å². The number of hydrazine groups is 1. The van der Waals surface area contributed by atoms with Crippen LogP contribution in [0.5, 0.6) is 0 Å². The van der Waals surface area contributed by atoms with E-state index in [9.17, 15) is 18.0 Å². The molecule has 4 aromatic rings. The van der Waals surface area contributed by atoms with Crippen molar-refractivity contribution in [3.63, 3.8) is 0 Å². The van der Waals surface area contributed by atoms with Gasteiger partial charge in [-0.1, -0.05) is 23.9 Å². The first-order valence-corrected chi connectivity index (χ1v) is 12.4. The van der Waals surface area contributed by atoms with Crippen molar-refractivity contribution in [3.05, 3.63) is 70.5 Å². The first-order chi connectivity index (χ1) is 15.4. The molecule has 2 aromatic carbocycles. The van der Waals surface area contributed by atoms with Crippen LogP contribution in [-0.2, 0) is 14.8 Å². The number of carbonyl (C=O) groups is 1. The molecule has 0 fully saturated rings. The highest BCUT2D eigenvalue weighted by Gasteiger charge is 2.18. The van der Waals surface area contributed by atoms with Crippen LogP contribution in [0.1, 0.15) is 0 Å². The van der Waals surface area contributed by atoms with Gasteiger partial charge < -0.3 is 0 Å². The first-order valence-electron chi connectivity index (χ1n) is 9.06. The monoisotopic (exact) mass is 488 g/mol. The van der Waals surface area contributed by atoms with Crippen LogP contribution in [0, 0.1) is 0 Å². The quantitative estimate of drug-likeness (QED) is 0.117. The number of aromatic nitrogens is 3. The molecule has 0 unspecified atom stereocenters. The van der Waals surface area contributed by atoms with E-state index in [1.807, 2.05) is 5.43 Å². The predicted octanol–water partition coefficient (Wildman–Crippen LogP) is 1.72. The number of nitrogens with two attached hydrogens (primary N) is 1. The molecule has 0 atom stereocenters. The SMILES string of the molecule is NNC(=O)CSc1nc2ccccc2c(=O)n1-c1ccc(S(=O)(=O)Nc2nccs2)cc1. The third kappa shape index (κ3) is 4.50. The summed E-state index contributed by atoms with van der Waals surface area (Å²) >= 11 is 2.20. The third-order valence-electron chi connectivity index (χ3n) is 4.30. The molecule has 10 nitrogen and oxygen atoms in total. The van der Waals surface area contributed by atoms with Crippen molar-refractivity contribution >= 4 is 55.1 Å². The fraction of sp³-hybridized carbons (Fsp3) is 0.0526. The van der Waals surface area contributed by atoms with Gasteiger partial charge in [-0.05, 0) is 36.4 Å². The van der Waals surface area contributed by atoms with Gasteiger partial charge in [0.2, 0.25) is 5.91 Å². The molecule has 0 saturated heterocycles. The second-order valence-electron chi connectivity index (χ2n) is 6.34. The zero-order valence-electron chi connectivity index (χ0n) is 16.3. The molecule has 0 aliphatic carbocycles. The summed E-state index contributed by atoms with van der Waals surface area (Å²) in [5.41, 5.74) is 2.57. The van der Waals surface area contributed by atoms with Gasteiger partial charge >= 0.3 is 0 Å². The van der Waals surface area contributed by atoms with Crippen molar-refractivity contribution in [3.8, 4) is 5.69 Å². The molecular weight excluding hydrogens is 472 g/mol. The van der Waals surface area contributed by atoms with E-state index in [0.29, 0.717) is 16.6 Å². The Balaban J connectivity index is 1.75. The molecule has 4 rings (SSSR count). The molecule has 0 saturated carbocycles. The van der Waals surface area contributed by atoms with Crippen LogP contribution in [0.2, 0.25) is 0 Å². The number of nitrogens with one attached hydrogen (secondary N) is 2. The highest BCUT2D eigenvalue weighted by Crippen LogP contribution is 2.23. The van der Waals surface area contributed by atoms with E-state index in [1.54, 1.807) is 29.6 Å². The van der Waals surface area contributed by atoms with E-state index in [2.05, 4.69) is 14.7 Å². The van der Waals surface area contributed by atoms with Crippen molar-refractivity contribution in [1.82, 2.24) is 20.0 Å². The Bertz CT molecular complexity index is 1430. The minimum atomic E-state index is -3.84. The van der Waals surface area contributed by atoms with Gasteiger partial charge in [-0.25, -0.2) is 24.2 Å². The maximum atomic E-state index is 13.2. The lowest BCUT2D eigenvalue weighted by atomic mass is 10.2. The molecule has 4 N–H and O–H groups in total. The molecule has 0 aliphatic heterocycles. The van der Waals surface area contributed by atoms with Gasteiger partial charge in [-0.2, -0.15) is 0 Å². The van der Waals surface area contributed by atoms with Crippen LogP contribution < -0.4 is 21.5 Å². The summed E-state index contributed by atoms with van der Waals surface area (Å²) in [4.78, 5) is 33.3. The molecule has 0 spiro atoms. The zero-order valence-corrected chi connectivity index (χ0v) is 18.7. The van der Waals surface area contributed by atoms with E-state index < -0.39 is 15.9 Å². The normalized spacial score (nSPS) is 11.4. The number of anilines is 1. The van der Waals surface area contributed by atoms with E-state index in [0.717, 1.165) is 23.1 Å². The Hall–Kier alpha value is -3.26. The fourth-order valence-electron chi connectivity index (χ4n) is 2.83. The molecule has 2 aromatic heterocycles. The number of amides is 1. The highest BCUT2D eigenvalue weighted by atomic mass is 32.2. The number of sulfonamides is 1. The van der Waals surface area contributed by atoms with Gasteiger partial charge in [0.25, 0.3) is 15.6 Å². The summed E-state index contributed by atoms with van der Waals surface area (Å²) in [6.07, 6.45) is 1.49. The highest BCUT2D eigenvalue weighted by molar-refractivity contribution is 7.99. The summed E-state index contributed by atoms with van der Waals surface area (Å²) in [6, 6.07) is 12.6. The summed E-state index contributed by atoms with van der Waals surface area (Å²) < 4.78 is 28.9. The minimum Gasteiger partial charge on any atom is -0.294 e. The smallest absolute Gasteiger partial charge is 0.266 e. The average molecular weight is 489 g/mol. The topological polar surface area (TPSA) is 149 Å². The van der Waals surface area contributed by atoms with Crippen molar-refractivity contribution < 1.29 is 13.2 Å². The zero-order chi connectivity index (χ0) is 22.7. The van der Waals surface area contributed by atoms with E-state index in [4.69, 9.17) is 5.84 Å². The van der Waals surface area contributed by atoms with Crippen LogP contribution in [0.25, 0.3) is 16.6 Å². The Kier molecular flexibility index (Phi) is 6.23.